The first-order valence-electron chi connectivity index (χ1n) is 7.13. The third kappa shape index (κ3) is 3.00. The molecule has 1 aromatic carbocycles. The number of hydrogen-bond acceptors (Lipinski definition) is 4. The Morgan fingerprint density at radius 2 is 2.14 bits per heavy atom. The predicted octanol–water partition coefficient (Wildman–Crippen LogP) is 1.09. The second-order valence-corrected chi connectivity index (χ2v) is 5.15. The number of hydrogen-bond donors (Lipinski definition) is 2. The van der Waals surface area contributed by atoms with Crippen LogP contribution in [-0.4, -0.2) is 24.5 Å². The van der Waals surface area contributed by atoms with Gasteiger partial charge >= 0.3 is 0 Å². The Morgan fingerprint density at radius 1 is 1.43 bits per heavy atom. The number of nitrogens with zero attached hydrogens (tertiary/aromatic N) is 1. The average Bonchev–Trinajstić information content (AvgIpc) is 2.48. The summed E-state index contributed by atoms with van der Waals surface area (Å²) in [6.07, 6.45) is 0.729. The van der Waals surface area contributed by atoms with Crippen molar-refractivity contribution in [2.45, 2.75) is 38.8 Å². The van der Waals surface area contributed by atoms with Gasteiger partial charge in [0.1, 0.15) is 12.3 Å². The molecule has 0 aromatic heterocycles. The van der Waals surface area contributed by atoms with E-state index in [4.69, 9.17) is 16.2 Å². The lowest BCUT2D eigenvalue weighted by atomic mass is 10.0. The van der Waals surface area contributed by atoms with Crippen LogP contribution in [0.5, 0.6) is 5.75 Å². The van der Waals surface area contributed by atoms with Gasteiger partial charge in [-0.05, 0) is 30.5 Å². The molecule has 6 nitrogen and oxygen atoms in total. The molecule has 0 fully saturated rings. The molecule has 2 amide bonds. The molecule has 0 aliphatic carbocycles. The van der Waals surface area contributed by atoms with Crippen molar-refractivity contribution in [2.75, 3.05) is 11.4 Å². The summed E-state index contributed by atoms with van der Waals surface area (Å²) in [5.74, 6) is -0.225. The van der Waals surface area contributed by atoms with Crippen LogP contribution in [0.1, 0.15) is 38.3 Å². The molecule has 4 N–H and O–H groups in total. The number of carbonyl (C=O) groups is 2. The molecule has 1 aliphatic rings. The van der Waals surface area contributed by atoms with E-state index >= 15 is 0 Å². The maximum atomic E-state index is 12.4. The monoisotopic (exact) mass is 291 g/mol. The van der Waals surface area contributed by atoms with Crippen molar-refractivity contribution in [3.05, 3.63) is 23.8 Å². The lowest BCUT2D eigenvalue weighted by Gasteiger charge is -2.34. The summed E-state index contributed by atoms with van der Waals surface area (Å²) in [7, 11) is 0. The zero-order valence-corrected chi connectivity index (χ0v) is 12.3. The fraction of sp³-hybridized carbons (Fsp3) is 0.467. The lowest BCUT2D eigenvalue weighted by molar-refractivity contribution is -0.128. The molecule has 1 aliphatic heterocycles. The molecule has 2 unspecified atom stereocenters. The number of fused-ring (bicyclic) bond motifs is 1. The maximum absolute atomic E-state index is 12.4. The van der Waals surface area contributed by atoms with Crippen molar-refractivity contribution in [3.63, 3.8) is 0 Å². The molecular weight excluding hydrogens is 270 g/mol. The number of carbonyl (C=O) groups excluding carboxylic acids is 2. The van der Waals surface area contributed by atoms with Crippen molar-refractivity contribution in [2.24, 2.45) is 11.5 Å². The molecule has 0 spiro atoms. The molecule has 0 saturated carbocycles. The van der Waals surface area contributed by atoms with E-state index in [1.54, 1.807) is 12.1 Å². The Labute approximate surface area is 124 Å². The van der Waals surface area contributed by atoms with E-state index < -0.39 is 12.0 Å². The normalized spacial score (nSPS) is 18.9. The fourth-order valence-corrected chi connectivity index (χ4v) is 2.38. The molecule has 2 atom stereocenters. The molecular formula is C15H21N3O3. The number of benzene rings is 1. The minimum Gasteiger partial charge on any atom is -0.478 e. The molecule has 21 heavy (non-hydrogen) atoms. The van der Waals surface area contributed by atoms with Gasteiger partial charge in [-0.25, -0.2) is 0 Å². The van der Waals surface area contributed by atoms with Crippen molar-refractivity contribution in [1.29, 1.82) is 0 Å². The SMILES string of the molecule is CCC1Oc2ccc(C(N)CC)cc2N(CC(N)=O)C1=O. The highest BCUT2D eigenvalue weighted by atomic mass is 16.5. The van der Waals surface area contributed by atoms with Crippen LogP contribution in [0, 0.1) is 0 Å². The first-order valence-corrected chi connectivity index (χ1v) is 7.13. The fourth-order valence-electron chi connectivity index (χ4n) is 2.38. The molecule has 114 valence electrons. The van der Waals surface area contributed by atoms with Crippen LogP contribution in [0.4, 0.5) is 5.69 Å². The smallest absolute Gasteiger partial charge is 0.268 e. The highest BCUT2D eigenvalue weighted by Crippen LogP contribution is 2.36. The van der Waals surface area contributed by atoms with Crippen LogP contribution in [0.15, 0.2) is 18.2 Å². The molecule has 1 aromatic rings. The number of rotatable bonds is 5. The second kappa shape index (κ2) is 6.13. The van der Waals surface area contributed by atoms with Gasteiger partial charge in [-0.3, -0.25) is 14.5 Å². The highest BCUT2D eigenvalue weighted by Gasteiger charge is 2.34. The van der Waals surface area contributed by atoms with E-state index in [9.17, 15) is 9.59 Å². The molecule has 2 rings (SSSR count). The van der Waals surface area contributed by atoms with Gasteiger partial charge in [0.15, 0.2) is 6.10 Å². The van der Waals surface area contributed by atoms with Gasteiger partial charge in [-0.2, -0.15) is 0 Å². The van der Waals surface area contributed by atoms with E-state index in [1.807, 2.05) is 19.9 Å². The van der Waals surface area contributed by atoms with Gasteiger partial charge in [-0.1, -0.05) is 19.9 Å². The first-order chi connectivity index (χ1) is 9.97. The van der Waals surface area contributed by atoms with Crippen molar-refractivity contribution >= 4 is 17.5 Å². The number of anilines is 1. The van der Waals surface area contributed by atoms with Gasteiger partial charge in [-0.15, -0.1) is 0 Å². The average molecular weight is 291 g/mol. The zero-order chi connectivity index (χ0) is 15.6. The van der Waals surface area contributed by atoms with Crippen LogP contribution in [0.3, 0.4) is 0 Å². The summed E-state index contributed by atoms with van der Waals surface area (Å²) in [5, 5.41) is 0. The van der Waals surface area contributed by atoms with E-state index in [-0.39, 0.29) is 18.5 Å². The molecule has 0 saturated heterocycles. The van der Waals surface area contributed by atoms with E-state index in [0.29, 0.717) is 17.9 Å². The third-order valence-electron chi connectivity index (χ3n) is 3.64. The minimum atomic E-state index is -0.581. The number of primary amides is 1. The number of nitrogens with two attached hydrogens (primary N) is 2. The van der Waals surface area contributed by atoms with Crippen LogP contribution in [0.2, 0.25) is 0 Å². The molecule has 1 heterocycles. The van der Waals surface area contributed by atoms with Crippen LogP contribution >= 0.6 is 0 Å². The summed E-state index contributed by atoms with van der Waals surface area (Å²) in [4.78, 5) is 25.0. The Morgan fingerprint density at radius 3 is 2.71 bits per heavy atom. The number of ether oxygens (including phenoxy) is 1. The maximum Gasteiger partial charge on any atom is 0.268 e. The molecule has 0 radical (unpaired) electrons. The summed E-state index contributed by atoms with van der Waals surface area (Å²) >= 11 is 0. The van der Waals surface area contributed by atoms with Crippen molar-refractivity contribution < 1.29 is 14.3 Å². The van der Waals surface area contributed by atoms with Gasteiger partial charge in [0.25, 0.3) is 5.91 Å². The highest BCUT2D eigenvalue weighted by molar-refractivity contribution is 6.03. The minimum absolute atomic E-state index is 0.121. The van der Waals surface area contributed by atoms with E-state index in [1.165, 1.54) is 4.90 Å². The van der Waals surface area contributed by atoms with Crippen LogP contribution < -0.4 is 21.1 Å². The Balaban J connectivity index is 2.45. The van der Waals surface area contributed by atoms with E-state index in [0.717, 1.165) is 12.0 Å². The van der Waals surface area contributed by atoms with Crippen LogP contribution in [0.25, 0.3) is 0 Å². The van der Waals surface area contributed by atoms with Gasteiger partial charge in [0.05, 0.1) is 5.69 Å². The Kier molecular flexibility index (Phi) is 4.47. The topological polar surface area (TPSA) is 98.7 Å². The van der Waals surface area contributed by atoms with Gasteiger partial charge < -0.3 is 16.2 Å². The van der Waals surface area contributed by atoms with Crippen molar-refractivity contribution in [3.8, 4) is 5.75 Å². The molecule has 0 bridgehead atoms. The van der Waals surface area contributed by atoms with Gasteiger partial charge in [0.2, 0.25) is 5.91 Å². The largest absolute Gasteiger partial charge is 0.478 e. The standard InChI is InChI=1S/C15H21N3O3/c1-3-10(16)9-5-6-13-11(7-9)18(8-14(17)19)15(20)12(4-2)21-13/h5-7,10,12H,3-4,8,16H2,1-2H3,(H2,17,19). The quantitative estimate of drug-likeness (QED) is 0.848. The Bertz CT molecular complexity index is 559. The number of amides is 2. The predicted molar refractivity (Wildman–Crippen MR) is 79.9 cm³/mol. The second-order valence-electron chi connectivity index (χ2n) is 5.15. The third-order valence-corrected chi connectivity index (χ3v) is 3.64. The summed E-state index contributed by atoms with van der Waals surface area (Å²) < 4.78 is 5.69. The summed E-state index contributed by atoms with van der Waals surface area (Å²) in [6.45, 7) is 3.69. The lowest BCUT2D eigenvalue weighted by Crippen LogP contribution is -2.48. The summed E-state index contributed by atoms with van der Waals surface area (Å²) in [5.41, 5.74) is 12.7. The van der Waals surface area contributed by atoms with E-state index in [2.05, 4.69) is 0 Å². The van der Waals surface area contributed by atoms with Gasteiger partial charge in [0, 0.05) is 6.04 Å². The molecule has 6 heteroatoms. The summed E-state index contributed by atoms with van der Waals surface area (Å²) in [6, 6.07) is 5.36. The van der Waals surface area contributed by atoms with Crippen LogP contribution in [-0.2, 0) is 9.59 Å². The zero-order valence-electron chi connectivity index (χ0n) is 12.3. The Hall–Kier alpha value is -2.08. The van der Waals surface area contributed by atoms with Crippen molar-refractivity contribution in [1.82, 2.24) is 0 Å². The first kappa shape index (κ1) is 15.3.